The Bertz CT molecular complexity index is 661. The van der Waals surface area contributed by atoms with Gasteiger partial charge in [0.25, 0.3) is 0 Å². The third-order valence-electron chi connectivity index (χ3n) is 2.21. The van der Waals surface area contributed by atoms with Crippen molar-refractivity contribution in [3.8, 4) is 11.3 Å². The molecule has 0 bridgehead atoms. The zero-order valence-electron chi connectivity index (χ0n) is 9.04. The smallest absolute Gasteiger partial charge is 0.238 e. The highest BCUT2D eigenvalue weighted by molar-refractivity contribution is 7.89. The fraction of sp³-hybridized carbons (Fsp3) is 0.100. The summed E-state index contributed by atoms with van der Waals surface area (Å²) < 4.78 is 27.7. The van der Waals surface area contributed by atoms with Crippen LogP contribution < -0.4 is 10.9 Å². The second-order valence-electron chi connectivity index (χ2n) is 3.62. The molecule has 0 amide bonds. The van der Waals surface area contributed by atoms with Crippen LogP contribution in [0.5, 0.6) is 0 Å². The Morgan fingerprint density at radius 2 is 2.00 bits per heavy atom. The summed E-state index contributed by atoms with van der Waals surface area (Å²) in [5.41, 5.74) is 6.77. The molecular weight excluding hydrogens is 242 g/mol. The maximum Gasteiger partial charge on any atom is 0.238 e. The number of hydrogen-bond donors (Lipinski definition) is 2. The maximum absolute atomic E-state index is 11.4. The lowest BCUT2D eigenvalue weighted by Crippen LogP contribution is -2.13. The van der Waals surface area contributed by atoms with E-state index in [0.29, 0.717) is 22.7 Å². The molecule has 0 radical (unpaired) electrons. The molecule has 0 saturated carbocycles. The minimum atomic E-state index is -3.83. The highest BCUT2D eigenvalue weighted by Gasteiger charge is 2.17. The van der Waals surface area contributed by atoms with E-state index in [2.05, 4.69) is 5.16 Å². The van der Waals surface area contributed by atoms with E-state index in [4.69, 9.17) is 15.4 Å². The summed E-state index contributed by atoms with van der Waals surface area (Å²) in [7, 11) is -3.83. The molecule has 0 aliphatic carbocycles. The molecule has 7 heteroatoms. The molecule has 0 unspecified atom stereocenters. The van der Waals surface area contributed by atoms with Gasteiger partial charge in [0, 0.05) is 17.3 Å². The van der Waals surface area contributed by atoms with Crippen LogP contribution in [-0.4, -0.2) is 13.6 Å². The molecule has 4 N–H and O–H groups in total. The van der Waals surface area contributed by atoms with Crippen LogP contribution in [0.2, 0.25) is 0 Å². The van der Waals surface area contributed by atoms with E-state index in [1.807, 2.05) is 0 Å². The second kappa shape index (κ2) is 3.86. The van der Waals surface area contributed by atoms with Gasteiger partial charge in [-0.25, -0.2) is 13.6 Å². The number of hydrogen-bond acceptors (Lipinski definition) is 5. The molecule has 2 aromatic rings. The maximum atomic E-state index is 11.4. The molecule has 90 valence electrons. The number of aromatic nitrogens is 1. The van der Waals surface area contributed by atoms with Gasteiger partial charge in [-0.2, -0.15) is 0 Å². The van der Waals surface area contributed by atoms with Crippen LogP contribution in [0, 0.1) is 6.92 Å². The first-order valence-corrected chi connectivity index (χ1v) is 6.28. The standard InChI is InChI=1S/C10H11N3O3S/c1-6-4-9(13-16-6)8-5-7(11)2-3-10(8)17(12,14)15/h2-5H,11H2,1H3,(H2,12,14,15). The minimum absolute atomic E-state index is 0.0278. The molecule has 1 aromatic heterocycles. The molecule has 6 nitrogen and oxygen atoms in total. The third kappa shape index (κ3) is 2.29. The van der Waals surface area contributed by atoms with Crippen LogP contribution in [0.3, 0.4) is 0 Å². The van der Waals surface area contributed by atoms with Crippen molar-refractivity contribution in [3.63, 3.8) is 0 Å². The van der Waals surface area contributed by atoms with Crippen LogP contribution in [0.15, 0.2) is 33.7 Å². The van der Waals surface area contributed by atoms with Gasteiger partial charge in [-0.1, -0.05) is 5.16 Å². The largest absolute Gasteiger partial charge is 0.399 e. The van der Waals surface area contributed by atoms with E-state index in [0.717, 1.165) is 0 Å². The van der Waals surface area contributed by atoms with Gasteiger partial charge in [-0.05, 0) is 25.1 Å². The third-order valence-corrected chi connectivity index (χ3v) is 3.18. The quantitative estimate of drug-likeness (QED) is 0.771. The number of aryl methyl sites for hydroxylation is 1. The van der Waals surface area contributed by atoms with Crippen molar-refractivity contribution >= 4 is 15.7 Å². The number of sulfonamides is 1. The van der Waals surface area contributed by atoms with Crippen molar-refractivity contribution in [1.29, 1.82) is 0 Å². The number of anilines is 1. The first-order chi connectivity index (χ1) is 7.88. The lowest BCUT2D eigenvalue weighted by molar-refractivity contribution is 0.399. The summed E-state index contributed by atoms with van der Waals surface area (Å²) in [6.45, 7) is 1.71. The highest BCUT2D eigenvalue weighted by Crippen LogP contribution is 2.28. The number of nitrogens with two attached hydrogens (primary N) is 2. The summed E-state index contributed by atoms with van der Waals surface area (Å²) in [5, 5.41) is 8.88. The van der Waals surface area contributed by atoms with Crippen LogP contribution >= 0.6 is 0 Å². The van der Waals surface area contributed by atoms with Gasteiger partial charge in [-0.3, -0.25) is 0 Å². The minimum Gasteiger partial charge on any atom is -0.399 e. The number of rotatable bonds is 2. The highest BCUT2D eigenvalue weighted by atomic mass is 32.2. The molecule has 0 aliphatic heterocycles. The van der Waals surface area contributed by atoms with Gasteiger partial charge >= 0.3 is 0 Å². The number of benzene rings is 1. The van der Waals surface area contributed by atoms with Gasteiger partial charge in [0.2, 0.25) is 10.0 Å². The number of nitrogens with zero attached hydrogens (tertiary/aromatic N) is 1. The molecule has 1 aromatic carbocycles. The predicted molar refractivity (Wildman–Crippen MR) is 62.5 cm³/mol. The van der Waals surface area contributed by atoms with E-state index >= 15 is 0 Å². The monoisotopic (exact) mass is 253 g/mol. The van der Waals surface area contributed by atoms with Gasteiger partial charge in [0.1, 0.15) is 11.5 Å². The van der Waals surface area contributed by atoms with Crippen molar-refractivity contribution in [2.75, 3.05) is 5.73 Å². The zero-order valence-corrected chi connectivity index (χ0v) is 9.86. The Morgan fingerprint density at radius 1 is 1.29 bits per heavy atom. The predicted octanol–water partition coefficient (Wildman–Crippen LogP) is 0.880. The van der Waals surface area contributed by atoms with Crippen molar-refractivity contribution in [2.24, 2.45) is 5.14 Å². The molecule has 0 spiro atoms. The molecular formula is C10H11N3O3S. The van der Waals surface area contributed by atoms with E-state index in [-0.39, 0.29) is 4.90 Å². The van der Waals surface area contributed by atoms with Crippen LogP contribution in [0.4, 0.5) is 5.69 Å². The fourth-order valence-corrected chi connectivity index (χ4v) is 2.22. The first kappa shape index (κ1) is 11.6. The molecule has 0 aliphatic rings. The van der Waals surface area contributed by atoms with Gasteiger partial charge < -0.3 is 10.3 Å². The Morgan fingerprint density at radius 3 is 2.53 bits per heavy atom. The zero-order chi connectivity index (χ0) is 12.6. The van der Waals surface area contributed by atoms with Crippen molar-refractivity contribution < 1.29 is 12.9 Å². The Labute approximate surface area is 98.3 Å². The summed E-state index contributed by atoms with van der Waals surface area (Å²) >= 11 is 0. The first-order valence-electron chi connectivity index (χ1n) is 4.74. The van der Waals surface area contributed by atoms with Crippen LogP contribution in [-0.2, 0) is 10.0 Å². The molecule has 0 saturated heterocycles. The number of primary sulfonamides is 1. The summed E-state index contributed by atoms with van der Waals surface area (Å²) in [6, 6.07) is 5.93. The van der Waals surface area contributed by atoms with E-state index in [1.54, 1.807) is 13.0 Å². The number of nitrogen functional groups attached to an aromatic ring is 1. The van der Waals surface area contributed by atoms with Gasteiger partial charge in [-0.15, -0.1) is 0 Å². The van der Waals surface area contributed by atoms with E-state index in [9.17, 15) is 8.42 Å². The molecule has 1 heterocycles. The van der Waals surface area contributed by atoms with E-state index in [1.165, 1.54) is 18.2 Å². The normalized spacial score (nSPS) is 11.6. The van der Waals surface area contributed by atoms with Crippen LogP contribution in [0.1, 0.15) is 5.76 Å². The average molecular weight is 253 g/mol. The molecule has 2 rings (SSSR count). The Kier molecular flexibility index (Phi) is 2.64. The van der Waals surface area contributed by atoms with Crippen molar-refractivity contribution in [1.82, 2.24) is 5.16 Å². The lowest BCUT2D eigenvalue weighted by Gasteiger charge is -2.05. The second-order valence-corrected chi connectivity index (χ2v) is 5.15. The van der Waals surface area contributed by atoms with Gasteiger partial charge in [0.15, 0.2) is 0 Å². The van der Waals surface area contributed by atoms with E-state index < -0.39 is 10.0 Å². The van der Waals surface area contributed by atoms with Gasteiger partial charge in [0.05, 0.1) is 4.90 Å². The molecule has 0 fully saturated rings. The topological polar surface area (TPSA) is 112 Å². The lowest BCUT2D eigenvalue weighted by atomic mass is 10.1. The van der Waals surface area contributed by atoms with Crippen molar-refractivity contribution in [2.45, 2.75) is 11.8 Å². The Balaban J connectivity index is 2.71. The Hall–Kier alpha value is -1.86. The molecule has 0 atom stereocenters. The SMILES string of the molecule is Cc1cc(-c2cc(N)ccc2S(N)(=O)=O)no1. The molecule has 17 heavy (non-hydrogen) atoms. The summed E-state index contributed by atoms with van der Waals surface area (Å²) in [6.07, 6.45) is 0. The average Bonchev–Trinajstić information content (AvgIpc) is 2.62. The summed E-state index contributed by atoms with van der Waals surface area (Å²) in [5.74, 6) is 0.572. The van der Waals surface area contributed by atoms with Crippen molar-refractivity contribution in [3.05, 3.63) is 30.0 Å². The fourth-order valence-electron chi connectivity index (χ4n) is 1.49. The summed E-state index contributed by atoms with van der Waals surface area (Å²) in [4.78, 5) is -0.0278. The van der Waals surface area contributed by atoms with Crippen LogP contribution in [0.25, 0.3) is 11.3 Å².